The van der Waals surface area contributed by atoms with Crippen LogP contribution in [0, 0.1) is 0 Å². The molecule has 0 saturated heterocycles. The molecule has 1 aromatic heterocycles. The molecule has 3 N–H and O–H groups in total. The van der Waals surface area contributed by atoms with Gasteiger partial charge >= 0.3 is 0 Å². The van der Waals surface area contributed by atoms with Gasteiger partial charge in [0, 0.05) is 30.5 Å². The highest BCUT2D eigenvalue weighted by molar-refractivity contribution is 6.31. The largest absolute Gasteiger partial charge is 0.497 e. The van der Waals surface area contributed by atoms with Gasteiger partial charge in [0.2, 0.25) is 0 Å². The number of nitrogens with zero attached hydrogens (tertiary/aromatic N) is 2. The number of halogens is 1. The summed E-state index contributed by atoms with van der Waals surface area (Å²) >= 11 is 6.26. The van der Waals surface area contributed by atoms with Crippen LogP contribution < -0.4 is 15.4 Å². The molecule has 0 saturated carbocycles. The van der Waals surface area contributed by atoms with Crippen molar-refractivity contribution in [1.29, 1.82) is 0 Å². The van der Waals surface area contributed by atoms with Crippen molar-refractivity contribution in [2.75, 3.05) is 26.7 Å². The number of methoxy groups -OCH3 is 1. The Morgan fingerprint density at radius 1 is 1.27 bits per heavy atom. The zero-order valence-corrected chi connectivity index (χ0v) is 15.8. The van der Waals surface area contributed by atoms with Gasteiger partial charge in [-0.25, -0.2) is 0 Å². The molecule has 0 aliphatic carbocycles. The molecule has 26 heavy (non-hydrogen) atoms. The number of aromatic nitrogens is 1. The van der Waals surface area contributed by atoms with E-state index in [-0.39, 0.29) is 6.54 Å². The lowest BCUT2D eigenvalue weighted by Crippen LogP contribution is -2.38. The Bertz CT molecular complexity index is 710. The summed E-state index contributed by atoms with van der Waals surface area (Å²) in [4.78, 5) is 8.39. The smallest absolute Gasteiger partial charge is 0.191 e. The SMILES string of the molecule is CCNC(=NCC(O)c1ccncc1)NCCc1ccc(OC)cc1Cl. The van der Waals surface area contributed by atoms with E-state index >= 15 is 0 Å². The molecule has 2 rings (SSSR count). The highest BCUT2D eigenvalue weighted by Gasteiger charge is 2.07. The number of hydrogen-bond donors (Lipinski definition) is 3. The lowest BCUT2D eigenvalue weighted by molar-refractivity contribution is 0.187. The summed E-state index contributed by atoms with van der Waals surface area (Å²) in [6, 6.07) is 9.23. The topological polar surface area (TPSA) is 78.8 Å². The molecule has 0 fully saturated rings. The average Bonchev–Trinajstić information content (AvgIpc) is 2.67. The Labute approximate surface area is 159 Å². The molecule has 140 valence electrons. The summed E-state index contributed by atoms with van der Waals surface area (Å²) in [6.45, 7) is 3.67. The van der Waals surface area contributed by atoms with Crippen molar-refractivity contribution in [3.63, 3.8) is 0 Å². The fourth-order valence-electron chi connectivity index (χ4n) is 2.38. The number of aliphatic imine (C=N–C) groups is 1. The Morgan fingerprint density at radius 2 is 2.04 bits per heavy atom. The van der Waals surface area contributed by atoms with Crippen LogP contribution in [0.3, 0.4) is 0 Å². The van der Waals surface area contributed by atoms with E-state index in [0.717, 1.165) is 29.8 Å². The maximum atomic E-state index is 10.2. The molecule has 0 amide bonds. The first-order valence-electron chi connectivity index (χ1n) is 8.56. The van der Waals surface area contributed by atoms with Crippen LogP contribution in [0.1, 0.15) is 24.2 Å². The fraction of sp³-hybridized carbons (Fsp3) is 0.368. The molecule has 1 aromatic carbocycles. The standard InChI is InChI=1S/C19H25ClN4O2/c1-3-22-19(24-13-18(25)15-6-9-21-10-7-15)23-11-8-14-4-5-16(26-2)12-17(14)20/h4-7,9-10,12,18,25H,3,8,11,13H2,1-2H3,(H2,22,23,24). The number of guanidine groups is 1. The van der Waals surface area contributed by atoms with E-state index in [1.54, 1.807) is 37.7 Å². The van der Waals surface area contributed by atoms with Gasteiger partial charge in [-0.3, -0.25) is 9.98 Å². The second kappa shape index (κ2) is 10.6. The van der Waals surface area contributed by atoms with Gasteiger partial charge in [0.1, 0.15) is 5.75 Å². The maximum Gasteiger partial charge on any atom is 0.191 e. The van der Waals surface area contributed by atoms with E-state index in [1.807, 2.05) is 19.1 Å². The average molecular weight is 377 g/mol. The molecule has 0 aliphatic rings. The van der Waals surface area contributed by atoms with Gasteiger partial charge in [-0.05, 0) is 48.7 Å². The number of nitrogens with one attached hydrogen (secondary N) is 2. The predicted octanol–water partition coefficient (Wildman–Crippen LogP) is 2.57. The third kappa shape index (κ3) is 6.20. The van der Waals surface area contributed by atoms with Crippen LogP contribution in [0.25, 0.3) is 0 Å². The van der Waals surface area contributed by atoms with Gasteiger partial charge in [0.05, 0.1) is 19.8 Å². The van der Waals surface area contributed by atoms with Crippen molar-refractivity contribution in [3.8, 4) is 5.75 Å². The molecule has 0 bridgehead atoms. The normalized spacial score (nSPS) is 12.5. The van der Waals surface area contributed by atoms with Crippen molar-refractivity contribution in [2.45, 2.75) is 19.4 Å². The zero-order chi connectivity index (χ0) is 18.8. The van der Waals surface area contributed by atoms with Crippen LogP contribution in [0.15, 0.2) is 47.7 Å². The second-order valence-corrected chi connectivity index (χ2v) is 6.06. The van der Waals surface area contributed by atoms with E-state index in [4.69, 9.17) is 16.3 Å². The Morgan fingerprint density at radius 3 is 2.69 bits per heavy atom. The van der Waals surface area contributed by atoms with Crippen LogP contribution in [-0.4, -0.2) is 42.8 Å². The minimum absolute atomic E-state index is 0.267. The highest BCUT2D eigenvalue weighted by atomic mass is 35.5. The van der Waals surface area contributed by atoms with Gasteiger partial charge in [-0.2, -0.15) is 0 Å². The summed E-state index contributed by atoms with van der Waals surface area (Å²) in [5.41, 5.74) is 1.83. The molecular weight excluding hydrogens is 352 g/mol. The Balaban J connectivity index is 1.89. The molecular formula is C19H25ClN4O2. The first-order valence-corrected chi connectivity index (χ1v) is 8.94. The number of hydrogen-bond acceptors (Lipinski definition) is 4. The number of aliphatic hydroxyl groups is 1. The monoisotopic (exact) mass is 376 g/mol. The first kappa shape index (κ1) is 20.0. The molecule has 7 heteroatoms. The van der Waals surface area contributed by atoms with Gasteiger partial charge in [0.15, 0.2) is 5.96 Å². The van der Waals surface area contributed by atoms with E-state index in [1.165, 1.54) is 0 Å². The van der Waals surface area contributed by atoms with Crippen LogP contribution in [0.4, 0.5) is 0 Å². The van der Waals surface area contributed by atoms with Crippen LogP contribution >= 0.6 is 11.6 Å². The van der Waals surface area contributed by atoms with Crippen LogP contribution in [0.5, 0.6) is 5.75 Å². The summed E-state index contributed by atoms with van der Waals surface area (Å²) in [5.74, 6) is 1.40. The fourth-order valence-corrected chi connectivity index (χ4v) is 2.65. The second-order valence-electron chi connectivity index (χ2n) is 5.65. The van der Waals surface area contributed by atoms with Gasteiger partial charge < -0.3 is 20.5 Å². The predicted molar refractivity (Wildman–Crippen MR) is 105 cm³/mol. The highest BCUT2D eigenvalue weighted by Crippen LogP contribution is 2.22. The molecule has 0 aliphatic heterocycles. The third-order valence-corrected chi connectivity index (χ3v) is 4.16. The third-order valence-electron chi connectivity index (χ3n) is 3.80. The number of aliphatic hydroxyl groups excluding tert-OH is 1. The molecule has 1 heterocycles. The van der Waals surface area contributed by atoms with Gasteiger partial charge in [0.25, 0.3) is 0 Å². The molecule has 1 atom stereocenters. The van der Waals surface area contributed by atoms with Crippen molar-refractivity contribution in [3.05, 3.63) is 58.9 Å². The van der Waals surface area contributed by atoms with Crippen molar-refractivity contribution >= 4 is 17.6 Å². The molecule has 1 unspecified atom stereocenters. The van der Waals surface area contributed by atoms with Crippen molar-refractivity contribution in [2.24, 2.45) is 4.99 Å². The minimum atomic E-state index is -0.663. The summed E-state index contributed by atoms with van der Waals surface area (Å²) in [6.07, 6.45) is 3.40. The van der Waals surface area contributed by atoms with Crippen molar-refractivity contribution in [1.82, 2.24) is 15.6 Å². The maximum absolute atomic E-state index is 10.2. The summed E-state index contributed by atoms with van der Waals surface area (Å²) in [5, 5.41) is 17.3. The number of ether oxygens (including phenoxy) is 1. The lowest BCUT2D eigenvalue weighted by Gasteiger charge is -2.14. The number of pyridine rings is 1. The van der Waals surface area contributed by atoms with Crippen LogP contribution in [-0.2, 0) is 6.42 Å². The number of rotatable bonds is 8. The molecule has 6 nitrogen and oxygen atoms in total. The Kier molecular flexibility index (Phi) is 8.18. The molecule has 0 radical (unpaired) electrons. The van der Waals surface area contributed by atoms with E-state index in [9.17, 15) is 5.11 Å². The van der Waals surface area contributed by atoms with E-state index < -0.39 is 6.10 Å². The summed E-state index contributed by atoms with van der Waals surface area (Å²) < 4.78 is 5.16. The Hall–Kier alpha value is -2.31. The lowest BCUT2D eigenvalue weighted by atomic mass is 10.1. The van der Waals surface area contributed by atoms with Crippen molar-refractivity contribution < 1.29 is 9.84 Å². The minimum Gasteiger partial charge on any atom is -0.497 e. The van der Waals surface area contributed by atoms with Crippen LogP contribution in [0.2, 0.25) is 5.02 Å². The van der Waals surface area contributed by atoms with E-state index in [2.05, 4.69) is 20.6 Å². The van der Waals surface area contributed by atoms with Gasteiger partial charge in [-0.15, -0.1) is 0 Å². The molecule has 0 spiro atoms. The number of benzene rings is 1. The van der Waals surface area contributed by atoms with E-state index in [0.29, 0.717) is 17.5 Å². The van der Waals surface area contributed by atoms with Gasteiger partial charge in [-0.1, -0.05) is 17.7 Å². The zero-order valence-electron chi connectivity index (χ0n) is 15.1. The molecule has 2 aromatic rings. The quantitative estimate of drug-likeness (QED) is 0.487. The summed E-state index contributed by atoms with van der Waals surface area (Å²) in [7, 11) is 1.62. The first-order chi connectivity index (χ1) is 12.6.